The summed E-state index contributed by atoms with van der Waals surface area (Å²) in [5.74, 6) is -0.217. The monoisotopic (exact) mass is 386 g/mol. The minimum atomic E-state index is -3.62. The van der Waals surface area contributed by atoms with Crippen LogP contribution in [0.4, 0.5) is 5.69 Å². The summed E-state index contributed by atoms with van der Waals surface area (Å²) in [5, 5.41) is 3.47. The van der Waals surface area contributed by atoms with Gasteiger partial charge in [0.15, 0.2) is 0 Å². The summed E-state index contributed by atoms with van der Waals surface area (Å²) >= 11 is 11.8. The number of sulfonamides is 1. The second kappa shape index (κ2) is 7.98. The van der Waals surface area contributed by atoms with Gasteiger partial charge in [-0.05, 0) is 48.4 Å². The number of amides is 1. The van der Waals surface area contributed by atoms with Crippen LogP contribution in [0.25, 0.3) is 0 Å². The molecule has 0 heterocycles. The Labute approximate surface area is 151 Å². The number of rotatable bonds is 6. The van der Waals surface area contributed by atoms with Gasteiger partial charge in [0, 0.05) is 19.2 Å². The third-order valence-electron chi connectivity index (χ3n) is 3.17. The zero-order valence-corrected chi connectivity index (χ0v) is 15.2. The Morgan fingerprint density at radius 2 is 1.71 bits per heavy atom. The van der Waals surface area contributed by atoms with E-state index in [2.05, 4.69) is 10.0 Å². The van der Waals surface area contributed by atoms with Crippen LogP contribution in [0.15, 0.2) is 47.4 Å². The topological polar surface area (TPSA) is 75.3 Å². The Bertz CT molecular complexity index is 837. The number of nitrogens with one attached hydrogen (secondary N) is 2. The van der Waals surface area contributed by atoms with Crippen LogP contribution in [0.2, 0.25) is 10.0 Å². The van der Waals surface area contributed by atoms with Gasteiger partial charge >= 0.3 is 0 Å². The molecule has 0 aromatic heterocycles. The van der Waals surface area contributed by atoms with Gasteiger partial charge in [-0.1, -0.05) is 29.3 Å². The third kappa shape index (κ3) is 5.21. The van der Waals surface area contributed by atoms with Gasteiger partial charge in [0.25, 0.3) is 0 Å². The number of anilines is 1. The maximum Gasteiger partial charge on any atom is 0.240 e. The Morgan fingerprint density at radius 3 is 2.29 bits per heavy atom. The van der Waals surface area contributed by atoms with E-state index in [0.717, 1.165) is 5.56 Å². The molecule has 2 aromatic carbocycles. The zero-order valence-electron chi connectivity index (χ0n) is 12.8. The molecule has 0 radical (unpaired) electrons. The molecule has 0 aliphatic rings. The lowest BCUT2D eigenvalue weighted by atomic mass is 10.1. The van der Waals surface area contributed by atoms with Gasteiger partial charge in [-0.2, -0.15) is 0 Å². The first kappa shape index (κ1) is 18.7. The van der Waals surface area contributed by atoms with Crippen LogP contribution in [-0.2, 0) is 21.2 Å². The fraction of sp³-hybridized carbons (Fsp3) is 0.188. The van der Waals surface area contributed by atoms with Crippen LogP contribution >= 0.6 is 23.2 Å². The van der Waals surface area contributed by atoms with E-state index in [-0.39, 0.29) is 17.3 Å². The zero-order chi connectivity index (χ0) is 17.7. The molecule has 128 valence electrons. The van der Waals surface area contributed by atoms with Crippen LogP contribution in [0.5, 0.6) is 0 Å². The lowest BCUT2D eigenvalue weighted by Gasteiger charge is -2.08. The summed E-state index contributed by atoms with van der Waals surface area (Å²) in [7, 11) is -3.62. The molecule has 8 heteroatoms. The van der Waals surface area contributed by atoms with Gasteiger partial charge < -0.3 is 5.32 Å². The fourth-order valence-electron chi connectivity index (χ4n) is 2.03. The van der Waals surface area contributed by atoms with Crippen molar-refractivity contribution < 1.29 is 13.2 Å². The molecule has 1 amide bonds. The quantitative estimate of drug-likeness (QED) is 0.797. The van der Waals surface area contributed by atoms with E-state index >= 15 is 0 Å². The summed E-state index contributed by atoms with van der Waals surface area (Å²) in [6, 6.07) is 11.1. The summed E-state index contributed by atoms with van der Waals surface area (Å²) in [5.41, 5.74) is 1.42. The molecule has 0 saturated heterocycles. The highest BCUT2D eigenvalue weighted by Crippen LogP contribution is 2.22. The molecule has 0 bridgehead atoms. The highest BCUT2D eigenvalue weighted by Gasteiger charge is 2.13. The van der Waals surface area contributed by atoms with Crippen LogP contribution in [0.1, 0.15) is 12.5 Å². The van der Waals surface area contributed by atoms with E-state index in [1.54, 1.807) is 18.2 Å². The minimum Gasteiger partial charge on any atom is -0.326 e. The molecule has 2 rings (SSSR count). The van der Waals surface area contributed by atoms with E-state index < -0.39 is 10.0 Å². The average molecular weight is 387 g/mol. The number of hydrogen-bond acceptors (Lipinski definition) is 3. The third-order valence-corrected chi connectivity index (χ3v) is 5.39. The van der Waals surface area contributed by atoms with Crippen molar-refractivity contribution in [3.8, 4) is 0 Å². The van der Waals surface area contributed by atoms with Crippen LogP contribution < -0.4 is 10.0 Å². The normalized spacial score (nSPS) is 11.3. The van der Waals surface area contributed by atoms with Gasteiger partial charge in [0.05, 0.1) is 14.9 Å². The van der Waals surface area contributed by atoms with Crippen LogP contribution in [-0.4, -0.2) is 20.9 Å². The molecule has 5 nitrogen and oxygen atoms in total. The van der Waals surface area contributed by atoms with Crippen molar-refractivity contribution in [2.45, 2.75) is 18.2 Å². The summed E-state index contributed by atoms with van der Waals surface area (Å²) < 4.78 is 27.0. The number of halogens is 2. The van der Waals surface area contributed by atoms with Crippen LogP contribution in [0, 0.1) is 0 Å². The summed E-state index contributed by atoms with van der Waals surface area (Å²) in [6.07, 6.45) is 0.486. The van der Waals surface area contributed by atoms with Crippen molar-refractivity contribution >= 4 is 44.8 Å². The number of carbonyl (C=O) groups is 1. The maximum atomic E-state index is 12.2. The molecule has 2 aromatic rings. The number of hydrogen-bond donors (Lipinski definition) is 2. The molecule has 0 fully saturated rings. The SMILES string of the molecule is CC(=O)Nc1ccc(S(=O)(=O)NCCc2ccc(Cl)c(Cl)c2)cc1. The molecule has 0 atom stereocenters. The maximum absolute atomic E-state index is 12.2. The molecule has 0 unspecified atom stereocenters. The Morgan fingerprint density at radius 1 is 1.04 bits per heavy atom. The highest BCUT2D eigenvalue weighted by atomic mass is 35.5. The number of benzene rings is 2. The van der Waals surface area contributed by atoms with E-state index in [0.29, 0.717) is 22.2 Å². The van der Waals surface area contributed by atoms with E-state index in [9.17, 15) is 13.2 Å². The van der Waals surface area contributed by atoms with Gasteiger partial charge in [-0.3, -0.25) is 4.79 Å². The standard InChI is InChI=1S/C16H16Cl2N2O3S/c1-11(21)20-13-3-5-14(6-4-13)24(22,23)19-9-8-12-2-7-15(17)16(18)10-12/h2-7,10,19H,8-9H2,1H3,(H,20,21). The van der Waals surface area contributed by atoms with Gasteiger partial charge in [0.1, 0.15) is 0 Å². The largest absolute Gasteiger partial charge is 0.326 e. The first-order valence-electron chi connectivity index (χ1n) is 7.09. The smallest absolute Gasteiger partial charge is 0.240 e. The molecular formula is C16H16Cl2N2O3S. The van der Waals surface area contributed by atoms with Crippen molar-refractivity contribution in [2.75, 3.05) is 11.9 Å². The molecule has 2 N–H and O–H groups in total. The Hall–Kier alpha value is -1.60. The van der Waals surface area contributed by atoms with Gasteiger partial charge in [-0.15, -0.1) is 0 Å². The molecule has 0 saturated carbocycles. The molecule has 24 heavy (non-hydrogen) atoms. The Balaban J connectivity index is 1.97. The second-order valence-corrected chi connectivity index (χ2v) is 7.68. The van der Waals surface area contributed by atoms with E-state index in [1.165, 1.54) is 31.2 Å². The minimum absolute atomic E-state index is 0.130. The number of carbonyl (C=O) groups excluding carboxylic acids is 1. The van der Waals surface area contributed by atoms with E-state index in [4.69, 9.17) is 23.2 Å². The molecule has 0 aliphatic heterocycles. The van der Waals surface area contributed by atoms with Gasteiger partial charge in [-0.25, -0.2) is 13.1 Å². The summed E-state index contributed by atoms with van der Waals surface area (Å²) in [6.45, 7) is 1.61. The van der Waals surface area contributed by atoms with Crippen molar-refractivity contribution in [2.24, 2.45) is 0 Å². The molecular weight excluding hydrogens is 371 g/mol. The van der Waals surface area contributed by atoms with Gasteiger partial charge in [0.2, 0.25) is 15.9 Å². The van der Waals surface area contributed by atoms with Crippen molar-refractivity contribution in [3.63, 3.8) is 0 Å². The lowest BCUT2D eigenvalue weighted by Crippen LogP contribution is -2.26. The fourth-order valence-corrected chi connectivity index (χ4v) is 3.38. The first-order valence-corrected chi connectivity index (χ1v) is 9.33. The highest BCUT2D eigenvalue weighted by molar-refractivity contribution is 7.89. The predicted molar refractivity (Wildman–Crippen MR) is 96.1 cm³/mol. The average Bonchev–Trinajstić information content (AvgIpc) is 2.50. The molecule has 0 aliphatic carbocycles. The Kier molecular flexibility index (Phi) is 6.23. The second-order valence-electron chi connectivity index (χ2n) is 5.10. The van der Waals surface area contributed by atoms with E-state index in [1.807, 2.05) is 0 Å². The van der Waals surface area contributed by atoms with Crippen molar-refractivity contribution in [1.29, 1.82) is 0 Å². The van der Waals surface area contributed by atoms with Crippen LogP contribution in [0.3, 0.4) is 0 Å². The lowest BCUT2D eigenvalue weighted by molar-refractivity contribution is -0.114. The predicted octanol–water partition coefficient (Wildman–Crippen LogP) is 3.47. The first-order chi connectivity index (χ1) is 11.3. The van der Waals surface area contributed by atoms with Crippen molar-refractivity contribution in [3.05, 3.63) is 58.1 Å². The summed E-state index contributed by atoms with van der Waals surface area (Å²) in [4.78, 5) is 11.1. The van der Waals surface area contributed by atoms with Crippen molar-refractivity contribution in [1.82, 2.24) is 4.72 Å². The molecule has 0 spiro atoms.